The number of piperidine rings is 1. The Balaban J connectivity index is 2.12. The average Bonchev–Trinajstić information content (AvgIpc) is 2.48. The quantitative estimate of drug-likeness (QED) is 0.834. The molecule has 0 aromatic heterocycles. The van der Waals surface area contributed by atoms with E-state index in [-0.39, 0.29) is 17.1 Å². The van der Waals surface area contributed by atoms with Gasteiger partial charge in [0.2, 0.25) is 0 Å². The third-order valence-electron chi connectivity index (χ3n) is 3.82. The lowest BCUT2D eigenvalue weighted by molar-refractivity contribution is 0.0661. The summed E-state index contributed by atoms with van der Waals surface area (Å²) in [5, 5.41) is 9.08. The van der Waals surface area contributed by atoms with Gasteiger partial charge in [0, 0.05) is 18.7 Å². The summed E-state index contributed by atoms with van der Waals surface area (Å²) in [6.07, 6.45) is 1.32. The molecule has 106 valence electrons. The summed E-state index contributed by atoms with van der Waals surface area (Å²) in [5.74, 6) is -0.572. The van der Waals surface area contributed by atoms with E-state index in [0.717, 1.165) is 0 Å². The number of nitriles is 1. The predicted molar refractivity (Wildman–Crippen MR) is 71.8 cm³/mol. The monoisotopic (exact) mass is 276 g/mol. The van der Waals surface area contributed by atoms with Crippen LogP contribution in [0.25, 0.3) is 0 Å². The van der Waals surface area contributed by atoms with Crippen molar-refractivity contribution < 1.29 is 13.9 Å². The standard InChI is InChI=1S/C15H17FN2O2/c1-15(10-17)5-7-18(8-6-15)14(19)11-3-4-12(16)13(9-11)20-2/h3-4,9H,5-8H2,1-2H3. The van der Waals surface area contributed by atoms with Gasteiger partial charge in [-0.15, -0.1) is 0 Å². The molecule has 1 fully saturated rings. The van der Waals surface area contributed by atoms with Gasteiger partial charge in [0.15, 0.2) is 11.6 Å². The van der Waals surface area contributed by atoms with Gasteiger partial charge in [-0.25, -0.2) is 4.39 Å². The van der Waals surface area contributed by atoms with E-state index in [2.05, 4.69) is 6.07 Å². The highest BCUT2D eigenvalue weighted by Crippen LogP contribution is 2.30. The van der Waals surface area contributed by atoms with E-state index in [9.17, 15) is 9.18 Å². The molecule has 0 radical (unpaired) electrons. The highest BCUT2D eigenvalue weighted by Gasteiger charge is 2.32. The Morgan fingerprint density at radius 1 is 1.45 bits per heavy atom. The van der Waals surface area contributed by atoms with Gasteiger partial charge in [0.25, 0.3) is 5.91 Å². The van der Waals surface area contributed by atoms with E-state index in [1.54, 1.807) is 4.90 Å². The summed E-state index contributed by atoms with van der Waals surface area (Å²) in [7, 11) is 1.37. The smallest absolute Gasteiger partial charge is 0.253 e. The van der Waals surface area contributed by atoms with Crippen molar-refractivity contribution in [1.82, 2.24) is 4.90 Å². The minimum absolute atomic E-state index is 0.0646. The van der Waals surface area contributed by atoms with Crippen molar-refractivity contribution in [1.29, 1.82) is 5.26 Å². The number of nitrogens with zero attached hydrogens (tertiary/aromatic N) is 2. The van der Waals surface area contributed by atoms with Crippen molar-refractivity contribution in [3.8, 4) is 11.8 Å². The summed E-state index contributed by atoms with van der Waals surface area (Å²) in [6, 6.07) is 6.40. The van der Waals surface area contributed by atoms with Crippen molar-refractivity contribution in [3.63, 3.8) is 0 Å². The number of hydrogen-bond acceptors (Lipinski definition) is 3. The summed E-state index contributed by atoms with van der Waals surface area (Å²) >= 11 is 0. The molecular formula is C15H17FN2O2. The highest BCUT2D eigenvalue weighted by atomic mass is 19.1. The van der Waals surface area contributed by atoms with Gasteiger partial charge in [-0.1, -0.05) is 0 Å². The average molecular weight is 276 g/mol. The van der Waals surface area contributed by atoms with Gasteiger partial charge in [-0.05, 0) is 38.0 Å². The van der Waals surface area contributed by atoms with Crippen LogP contribution in [-0.2, 0) is 0 Å². The van der Waals surface area contributed by atoms with Crippen LogP contribution in [0.4, 0.5) is 4.39 Å². The number of likely N-dealkylation sites (tertiary alicyclic amines) is 1. The van der Waals surface area contributed by atoms with Crippen LogP contribution in [0.2, 0.25) is 0 Å². The van der Waals surface area contributed by atoms with Crippen molar-refractivity contribution in [2.24, 2.45) is 5.41 Å². The first-order valence-electron chi connectivity index (χ1n) is 6.53. The fourth-order valence-corrected chi connectivity index (χ4v) is 2.29. The van der Waals surface area contributed by atoms with Crippen molar-refractivity contribution >= 4 is 5.91 Å². The molecule has 1 aromatic rings. The second kappa shape index (κ2) is 5.49. The van der Waals surface area contributed by atoms with Gasteiger partial charge < -0.3 is 9.64 Å². The Morgan fingerprint density at radius 2 is 2.10 bits per heavy atom. The maximum Gasteiger partial charge on any atom is 0.253 e. The van der Waals surface area contributed by atoms with E-state index >= 15 is 0 Å². The predicted octanol–water partition coefficient (Wildman–Crippen LogP) is 2.60. The number of carbonyl (C=O) groups excluding carboxylic acids is 1. The van der Waals surface area contributed by atoms with Crippen LogP contribution in [0.3, 0.4) is 0 Å². The minimum Gasteiger partial charge on any atom is -0.494 e. The molecule has 0 N–H and O–H groups in total. The first-order chi connectivity index (χ1) is 9.49. The zero-order valence-corrected chi connectivity index (χ0v) is 11.6. The molecule has 1 aliphatic heterocycles. The molecule has 1 saturated heterocycles. The number of hydrogen-bond donors (Lipinski definition) is 0. The Kier molecular flexibility index (Phi) is 3.93. The van der Waals surface area contributed by atoms with Crippen molar-refractivity contribution in [2.75, 3.05) is 20.2 Å². The number of halogens is 1. The molecule has 2 rings (SSSR count). The maximum atomic E-state index is 13.3. The lowest BCUT2D eigenvalue weighted by atomic mass is 9.82. The van der Waals surface area contributed by atoms with Gasteiger partial charge in [0.05, 0.1) is 18.6 Å². The van der Waals surface area contributed by atoms with Crippen molar-refractivity contribution in [3.05, 3.63) is 29.6 Å². The molecule has 0 atom stereocenters. The molecule has 1 heterocycles. The number of ether oxygens (including phenoxy) is 1. The highest BCUT2D eigenvalue weighted by molar-refractivity contribution is 5.94. The van der Waals surface area contributed by atoms with Gasteiger partial charge in [-0.2, -0.15) is 5.26 Å². The zero-order valence-electron chi connectivity index (χ0n) is 11.6. The first kappa shape index (κ1) is 14.3. The van der Waals surface area contributed by atoms with Gasteiger partial charge in [0.1, 0.15) is 0 Å². The Morgan fingerprint density at radius 3 is 2.65 bits per heavy atom. The van der Waals surface area contributed by atoms with E-state index < -0.39 is 5.82 Å². The minimum atomic E-state index is -0.486. The lowest BCUT2D eigenvalue weighted by Gasteiger charge is -2.35. The summed E-state index contributed by atoms with van der Waals surface area (Å²) in [5.41, 5.74) is 0.0564. The third kappa shape index (κ3) is 2.74. The van der Waals surface area contributed by atoms with Crippen LogP contribution in [-0.4, -0.2) is 31.0 Å². The van der Waals surface area contributed by atoms with Crippen molar-refractivity contribution in [2.45, 2.75) is 19.8 Å². The van der Waals surface area contributed by atoms with E-state index in [0.29, 0.717) is 31.5 Å². The molecule has 0 unspecified atom stereocenters. The lowest BCUT2D eigenvalue weighted by Crippen LogP contribution is -2.41. The maximum absolute atomic E-state index is 13.3. The van der Waals surface area contributed by atoms with Gasteiger partial charge in [-0.3, -0.25) is 4.79 Å². The van der Waals surface area contributed by atoms with E-state index in [1.807, 2.05) is 6.92 Å². The molecule has 0 aliphatic carbocycles. The second-order valence-corrected chi connectivity index (χ2v) is 5.31. The van der Waals surface area contributed by atoms with Crippen LogP contribution >= 0.6 is 0 Å². The molecule has 1 amide bonds. The Labute approximate surface area is 117 Å². The number of benzene rings is 1. The number of rotatable bonds is 2. The molecular weight excluding hydrogens is 259 g/mol. The summed E-state index contributed by atoms with van der Waals surface area (Å²) in [6.45, 7) is 3.00. The van der Waals surface area contributed by atoms with E-state index in [4.69, 9.17) is 10.00 Å². The topological polar surface area (TPSA) is 53.3 Å². The van der Waals surface area contributed by atoms with Crippen LogP contribution in [0.5, 0.6) is 5.75 Å². The summed E-state index contributed by atoms with van der Waals surface area (Å²) < 4.78 is 18.2. The fraction of sp³-hybridized carbons (Fsp3) is 0.467. The molecule has 20 heavy (non-hydrogen) atoms. The number of amides is 1. The molecule has 5 heteroatoms. The molecule has 0 saturated carbocycles. The third-order valence-corrected chi connectivity index (χ3v) is 3.82. The first-order valence-corrected chi connectivity index (χ1v) is 6.53. The molecule has 0 spiro atoms. The largest absolute Gasteiger partial charge is 0.494 e. The Hall–Kier alpha value is -2.09. The normalized spacial score (nSPS) is 17.4. The van der Waals surface area contributed by atoms with Crippen LogP contribution < -0.4 is 4.74 Å². The SMILES string of the molecule is COc1cc(C(=O)N2CCC(C)(C#N)CC2)ccc1F. The summed E-state index contributed by atoms with van der Waals surface area (Å²) in [4.78, 5) is 14.0. The van der Waals surface area contributed by atoms with Gasteiger partial charge >= 0.3 is 0 Å². The Bertz CT molecular complexity index is 557. The molecule has 1 aliphatic rings. The van der Waals surface area contributed by atoms with Crippen LogP contribution in [0.1, 0.15) is 30.1 Å². The second-order valence-electron chi connectivity index (χ2n) is 5.31. The zero-order chi connectivity index (χ0) is 14.8. The molecule has 1 aromatic carbocycles. The number of carbonyl (C=O) groups is 1. The van der Waals surface area contributed by atoms with Crippen LogP contribution in [0.15, 0.2) is 18.2 Å². The van der Waals surface area contributed by atoms with E-state index in [1.165, 1.54) is 25.3 Å². The molecule has 4 nitrogen and oxygen atoms in total. The number of methoxy groups -OCH3 is 1. The molecule has 0 bridgehead atoms. The van der Waals surface area contributed by atoms with Crippen LogP contribution in [0, 0.1) is 22.6 Å². The fourth-order valence-electron chi connectivity index (χ4n) is 2.29.